The molecule has 0 aromatic heterocycles. The molecule has 0 aliphatic carbocycles. The van der Waals surface area contributed by atoms with Gasteiger partial charge in [-0.3, -0.25) is 14.5 Å². The van der Waals surface area contributed by atoms with E-state index in [9.17, 15) is 14.7 Å². The van der Waals surface area contributed by atoms with Gasteiger partial charge in [0.2, 0.25) is 0 Å². The SMILES string of the molecule is CCOc1ccc(/C(O)=C2\C(=O)C(=O)N(c3ccccc3)C2c2cccc(OCc3ccccc3)c2)cc1C(C)(C)C. The molecular weight excluding hydrogens is 526 g/mol. The Labute approximate surface area is 246 Å². The highest BCUT2D eigenvalue weighted by Gasteiger charge is 2.47. The Kier molecular flexibility index (Phi) is 8.16. The molecule has 0 radical (unpaired) electrons. The lowest BCUT2D eigenvalue weighted by Gasteiger charge is -2.26. The van der Waals surface area contributed by atoms with Gasteiger partial charge >= 0.3 is 0 Å². The molecule has 6 nitrogen and oxygen atoms in total. The van der Waals surface area contributed by atoms with Crippen LogP contribution in [0, 0.1) is 0 Å². The van der Waals surface area contributed by atoms with Crippen LogP contribution in [0.15, 0.2) is 109 Å². The fraction of sp³-hybridized carbons (Fsp3) is 0.222. The Bertz CT molecular complexity index is 1620. The molecule has 4 aromatic rings. The Morgan fingerprint density at radius 1 is 0.833 bits per heavy atom. The van der Waals surface area contributed by atoms with Crippen LogP contribution in [0.1, 0.15) is 56.0 Å². The molecular formula is C36H35NO5. The largest absolute Gasteiger partial charge is 0.507 e. The van der Waals surface area contributed by atoms with Gasteiger partial charge in [-0.2, -0.15) is 0 Å². The highest BCUT2D eigenvalue weighted by Crippen LogP contribution is 2.43. The van der Waals surface area contributed by atoms with Gasteiger partial charge in [-0.25, -0.2) is 0 Å². The maximum Gasteiger partial charge on any atom is 0.300 e. The summed E-state index contributed by atoms with van der Waals surface area (Å²) in [7, 11) is 0. The minimum atomic E-state index is -0.864. The van der Waals surface area contributed by atoms with E-state index in [1.54, 1.807) is 24.3 Å². The molecule has 1 unspecified atom stereocenters. The quantitative estimate of drug-likeness (QED) is 0.136. The molecule has 1 N–H and O–H groups in total. The lowest BCUT2D eigenvalue weighted by molar-refractivity contribution is -0.132. The lowest BCUT2D eigenvalue weighted by Crippen LogP contribution is -2.29. The molecule has 0 bridgehead atoms. The van der Waals surface area contributed by atoms with E-state index in [2.05, 4.69) is 20.8 Å². The first-order chi connectivity index (χ1) is 20.2. The molecule has 1 atom stereocenters. The van der Waals surface area contributed by atoms with Crippen molar-refractivity contribution in [3.8, 4) is 11.5 Å². The summed E-state index contributed by atoms with van der Waals surface area (Å²) in [6, 6.07) is 30.7. The molecule has 1 aliphatic rings. The van der Waals surface area contributed by atoms with Crippen molar-refractivity contribution in [1.29, 1.82) is 0 Å². The van der Waals surface area contributed by atoms with E-state index in [0.29, 0.717) is 41.5 Å². The van der Waals surface area contributed by atoms with Crippen molar-refractivity contribution in [3.63, 3.8) is 0 Å². The Hall–Kier alpha value is -4.84. The van der Waals surface area contributed by atoms with E-state index in [4.69, 9.17) is 9.47 Å². The van der Waals surface area contributed by atoms with Gasteiger partial charge in [-0.15, -0.1) is 0 Å². The number of ketones is 1. The number of hydrogen-bond donors (Lipinski definition) is 1. The Morgan fingerprint density at radius 3 is 2.19 bits per heavy atom. The summed E-state index contributed by atoms with van der Waals surface area (Å²) in [5.41, 5.74) is 3.28. The highest BCUT2D eigenvalue weighted by molar-refractivity contribution is 6.51. The summed E-state index contributed by atoms with van der Waals surface area (Å²) in [5, 5.41) is 11.7. The number of carbonyl (C=O) groups is 2. The highest BCUT2D eigenvalue weighted by atomic mass is 16.5. The van der Waals surface area contributed by atoms with Crippen LogP contribution in [0.5, 0.6) is 11.5 Å². The number of para-hydroxylation sites is 1. The Balaban J connectivity index is 1.63. The minimum absolute atomic E-state index is 0.0214. The van der Waals surface area contributed by atoms with E-state index in [1.165, 1.54) is 4.90 Å². The van der Waals surface area contributed by atoms with Crippen molar-refractivity contribution in [2.75, 3.05) is 11.5 Å². The van der Waals surface area contributed by atoms with E-state index < -0.39 is 17.7 Å². The zero-order valence-electron chi connectivity index (χ0n) is 24.3. The first-order valence-electron chi connectivity index (χ1n) is 14.1. The predicted octanol–water partition coefficient (Wildman–Crippen LogP) is 7.59. The first kappa shape index (κ1) is 28.7. The summed E-state index contributed by atoms with van der Waals surface area (Å²) in [6.07, 6.45) is 0. The van der Waals surface area contributed by atoms with Crippen LogP contribution >= 0.6 is 0 Å². The van der Waals surface area contributed by atoms with E-state index >= 15 is 0 Å². The molecule has 4 aromatic carbocycles. The normalized spacial score (nSPS) is 16.5. The van der Waals surface area contributed by atoms with Gasteiger partial charge in [-0.1, -0.05) is 81.4 Å². The van der Waals surface area contributed by atoms with Crippen LogP contribution < -0.4 is 14.4 Å². The van der Waals surface area contributed by atoms with Crippen molar-refractivity contribution < 1.29 is 24.2 Å². The fourth-order valence-corrected chi connectivity index (χ4v) is 5.22. The third-order valence-electron chi connectivity index (χ3n) is 7.26. The number of benzene rings is 4. The topological polar surface area (TPSA) is 76.1 Å². The second kappa shape index (κ2) is 12.0. The van der Waals surface area contributed by atoms with Crippen LogP contribution in [0.3, 0.4) is 0 Å². The van der Waals surface area contributed by atoms with Crippen LogP contribution in [-0.2, 0) is 21.6 Å². The van der Waals surface area contributed by atoms with Crippen molar-refractivity contribution >= 4 is 23.1 Å². The van der Waals surface area contributed by atoms with Gasteiger partial charge in [0.05, 0.1) is 18.2 Å². The molecule has 0 saturated carbocycles. The van der Waals surface area contributed by atoms with Crippen LogP contribution in [0.2, 0.25) is 0 Å². The third-order valence-corrected chi connectivity index (χ3v) is 7.26. The van der Waals surface area contributed by atoms with E-state index in [-0.39, 0.29) is 16.7 Å². The molecule has 0 spiro atoms. The smallest absolute Gasteiger partial charge is 0.300 e. The summed E-state index contributed by atoms with van der Waals surface area (Å²) in [4.78, 5) is 28.7. The molecule has 1 heterocycles. The third kappa shape index (κ3) is 5.79. The van der Waals surface area contributed by atoms with Gasteiger partial charge in [0.25, 0.3) is 11.7 Å². The zero-order chi connectivity index (χ0) is 29.9. The van der Waals surface area contributed by atoms with Gasteiger partial charge in [0.15, 0.2) is 0 Å². The van der Waals surface area contributed by atoms with Crippen molar-refractivity contribution in [3.05, 3.63) is 131 Å². The number of amides is 1. The number of rotatable bonds is 8. The van der Waals surface area contributed by atoms with Crippen LogP contribution in [0.4, 0.5) is 5.69 Å². The number of Topliss-reactive ketones (excluding diaryl/α,β-unsaturated/α-hetero) is 1. The number of ether oxygens (including phenoxy) is 2. The second-order valence-electron chi connectivity index (χ2n) is 11.2. The van der Waals surface area contributed by atoms with E-state index in [1.807, 2.05) is 85.8 Å². The number of carbonyl (C=O) groups excluding carboxylic acids is 2. The van der Waals surface area contributed by atoms with E-state index in [0.717, 1.165) is 11.1 Å². The average molecular weight is 562 g/mol. The molecule has 6 heteroatoms. The first-order valence-corrected chi connectivity index (χ1v) is 14.1. The number of aliphatic hydroxyl groups is 1. The molecule has 42 heavy (non-hydrogen) atoms. The summed E-state index contributed by atoms with van der Waals surface area (Å²) in [5.74, 6) is -0.383. The standard InChI is InChI=1S/C36H35NO5/c1-5-41-30-20-19-26(22-29(30)36(2,3)4)33(38)31-32(37(35(40)34(31)39)27-16-10-7-11-17-27)25-15-12-18-28(21-25)42-23-24-13-8-6-9-14-24/h6-22,32,38H,5,23H2,1-4H3/b33-31+. The van der Waals surface area contributed by atoms with Crippen molar-refractivity contribution in [2.45, 2.75) is 45.8 Å². The Morgan fingerprint density at radius 2 is 1.52 bits per heavy atom. The summed E-state index contributed by atoms with van der Waals surface area (Å²) < 4.78 is 11.9. The number of nitrogens with zero attached hydrogens (tertiary/aromatic N) is 1. The zero-order valence-corrected chi connectivity index (χ0v) is 24.3. The predicted molar refractivity (Wildman–Crippen MR) is 165 cm³/mol. The lowest BCUT2D eigenvalue weighted by atomic mass is 9.84. The van der Waals surface area contributed by atoms with Gasteiger partial charge < -0.3 is 14.6 Å². The number of anilines is 1. The molecule has 5 rings (SSSR count). The number of hydrogen-bond acceptors (Lipinski definition) is 5. The van der Waals surface area contributed by atoms with Gasteiger partial charge in [0.1, 0.15) is 23.9 Å². The van der Waals surface area contributed by atoms with Gasteiger partial charge in [-0.05, 0) is 65.9 Å². The van der Waals surface area contributed by atoms with Crippen molar-refractivity contribution in [1.82, 2.24) is 0 Å². The fourth-order valence-electron chi connectivity index (χ4n) is 5.22. The second-order valence-corrected chi connectivity index (χ2v) is 11.2. The molecule has 1 aliphatic heterocycles. The summed E-state index contributed by atoms with van der Waals surface area (Å²) >= 11 is 0. The van der Waals surface area contributed by atoms with Gasteiger partial charge in [0, 0.05) is 16.8 Å². The molecule has 1 saturated heterocycles. The maximum absolute atomic E-state index is 13.7. The van der Waals surface area contributed by atoms with Crippen LogP contribution in [0.25, 0.3) is 5.76 Å². The molecule has 1 fully saturated rings. The monoisotopic (exact) mass is 561 g/mol. The molecule has 214 valence electrons. The van der Waals surface area contributed by atoms with Crippen molar-refractivity contribution in [2.24, 2.45) is 0 Å². The van der Waals surface area contributed by atoms with Crippen LogP contribution in [-0.4, -0.2) is 23.4 Å². The molecule has 1 amide bonds. The number of aliphatic hydroxyl groups excluding tert-OH is 1. The summed E-state index contributed by atoms with van der Waals surface area (Å²) in [6.45, 7) is 8.96. The average Bonchev–Trinajstić information content (AvgIpc) is 3.26. The minimum Gasteiger partial charge on any atom is -0.507 e. The maximum atomic E-state index is 13.7.